The Labute approximate surface area is 153 Å². The van der Waals surface area contributed by atoms with Gasteiger partial charge in [0.05, 0.1) is 10.7 Å². The lowest BCUT2D eigenvalue weighted by molar-refractivity contribution is -0.143. The Morgan fingerprint density at radius 1 is 0.885 bits per heavy atom. The maximum absolute atomic E-state index is 12.3. The summed E-state index contributed by atoms with van der Waals surface area (Å²) in [4.78, 5) is 21.3. The quantitative estimate of drug-likeness (QED) is 0.906. The first kappa shape index (κ1) is 17.0. The number of para-hydroxylation sites is 2. The summed E-state index contributed by atoms with van der Waals surface area (Å²) in [6, 6.07) is 13.4. The highest BCUT2D eigenvalue weighted by Gasteiger charge is 2.44. The van der Waals surface area contributed by atoms with Gasteiger partial charge in [0.25, 0.3) is 5.66 Å². The molecule has 0 atom stereocenters. The number of rotatable bonds is 2. The predicted molar refractivity (Wildman–Crippen MR) is 99.8 cm³/mol. The van der Waals surface area contributed by atoms with E-state index in [1.807, 2.05) is 36.4 Å². The SMILES string of the molecule is CC1(C)CCC(C)(C)c2cc(C3(C(=O)O)N=c4ccccc4=N3)ccc21. The van der Waals surface area contributed by atoms with Crippen molar-refractivity contribution in [2.75, 3.05) is 0 Å². The van der Waals surface area contributed by atoms with Gasteiger partial charge < -0.3 is 5.11 Å². The first-order chi connectivity index (χ1) is 12.2. The Kier molecular flexibility index (Phi) is 3.43. The van der Waals surface area contributed by atoms with Crippen molar-refractivity contribution in [2.24, 2.45) is 9.98 Å². The monoisotopic (exact) mass is 348 g/mol. The van der Waals surface area contributed by atoms with E-state index in [0.717, 1.165) is 12.8 Å². The van der Waals surface area contributed by atoms with Crippen LogP contribution in [-0.4, -0.2) is 11.1 Å². The van der Waals surface area contributed by atoms with Crippen LogP contribution >= 0.6 is 0 Å². The average Bonchev–Trinajstić information content (AvgIpc) is 3.00. The number of nitrogens with zero attached hydrogens (tertiary/aromatic N) is 2. The largest absolute Gasteiger partial charge is 0.478 e. The molecular formula is C22H24N2O2. The van der Waals surface area contributed by atoms with Crippen LogP contribution in [-0.2, 0) is 21.3 Å². The van der Waals surface area contributed by atoms with E-state index < -0.39 is 11.6 Å². The third kappa shape index (κ3) is 2.32. The Morgan fingerprint density at radius 3 is 1.96 bits per heavy atom. The summed E-state index contributed by atoms with van der Waals surface area (Å²) in [6.45, 7) is 8.98. The van der Waals surface area contributed by atoms with Crippen molar-refractivity contribution in [2.45, 2.75) is 57.0 Å². The maximum Gasteiger partial charge on any atom is 0.359 e. The molecule has 4 heteroatoms. The van der Waals surface area contributed by atoms with Crippen LogP contribution in [0.4, 0.5) is 0 Å². The van der Waals surface area contributed by atoms with Crippen LogP contribution in [0.3, 0.4) is 0 Å². The smallest absolute Gasteiger partial charge is 0.359 e. The molecule has 1 heterocycles. The van der Waals surface area contributed by atoms with Gasteiger partial charge in [-0.25, -0.2) is 14.8 Å². The second-order valence-corrected chi connectivity index (χ2v) is 8.72. The van der Waals surface area contributed by atoms with Crippen molar-refractivity contribution in [1.29, 1.82) is 0 Å². The highest BCUT2D eigenvalue weighted by molar-refractivity contribution is 5.81. The Balaban J connectivity index is 1.97. The predicted octanol–water partition coefficient (Wildman–Crippen LogP) is 3.23. The number of carboxylic acid groups (broad SMARTS) is 1. The van der Waals surface area contributed by atoms with Crippen LogP contribution in [0.5, 0.6) is 0 Å². The Hall–Kier alpha value is -2.49. The molecule has 0 saturated carbocycles. The lowest BCUT2D eigenvalue weighted by Gasteiger charge is -2.42. The molecule has 0 spiro atoms. The fourth-order valence-corrected chi connectivity index (χ4v) is 4.18. The van der Waals surface area contributed by atoms with Gasteiger partial charge in [-0.1, -0.05) is 52.0 Å². The molecular weight excluding hydrogens is 324 g/mol. The van der Waals surface area contributed by atoms with Crippen molar-refractivity contribution in [1.82, 2.24) is 0 Å². The molecule has 0 saturated heterocycles. The van der Waals surface area contributed by atoms with Crippen molar-refractivity contribution in [3.05, 3.63) is 69.9 Å². The fourth-order valence-electron chi connectivity index (χ4n) is 4.18. The molecule has 0 amide bonds. The molecule has 0 radical (unpaired) electrons. The number of carbonyl (C=O) groups is 1. The second-order valence-electron chi connectivity index (χ2n) is 8.72. The van der Waals surface area contributed by atoms with E-state index in [-0.39, 0.29) is 10.8 Å². The van der Waals surface area contributed by atoms with Gasteiger partial charge in [0.2, 0.25) is 0 Å². The highest BCUT2D eigenvalue weighted by atomic mass is 16.4. The molecule has 4 nitrogen and oxygen atoms in total. The van der Waals surface area contributed by atoms with E-state index in [0.29, 0.717) is 16.3 Å². The summed E-state index contributed by atoms with van der Waals surface area (Å²) in [5.74, 6) is -1.04. The minimum absolute atomic E-state index is 0.00596. The topological polar surface area (TPSA) is 62.0 Å². The minimum atomic E-state index is -1.59. The van der Waals surface area contributed by atoms with Crippen molar-refractivity contribution in [3.63, 3.8) is 0 Å². The summed E-state index contributed by atoms with van der Waals surface area (Å²) in [5, 5.41) is 11.3. The standard InChI is InChI=1S/C22H24N2O2/c1-20(2)11-12-21(3,4)16-13-14(9-10-15(16)20)22(19(25)26)23-17-7-5-6-8-18(17)24-22/h5-10,13H,11-12H2,1-4H3,(H,25,26). The van der Waals surface area contributed by atoms with Crippen LogP contribution in [0, 0.1) is 0 Å². The molecule has 2 aromatic carbocycles. The van der Waals surface area contributed by atoms with Crippen molar-refractivity contribution in [3.8, 4) is 0 Å². The summed E-state index contributed by atoms with van der Waals surface area (Å²) < 4.78 is 0. The van der Waals surface area contributed by atoms with E-state index in [2.05, 4.69) is 43.7 Å². The van der Waals surface area contributed by atoms with Gasteiger partial charge >= 0.3 is 5.97 Å². The first-order valence-corrected chi connectivity index (χ1v) is 9.09. The lowest BCUT2D eigenvalue weighted by Crippen LogP contribution is -2.36. The highest BCUT2D eigenvalue weighted by Crippen LogP contribution is 2.47. The van der Waals surface area contributed by atoms with E-state index in [4.69, 9.17) is 0 Å². The third-order valence-electron chi connectivity index (χ3n) is 6.00. The molecule has 0 aromatic heterocycles. The molecule has 1 aliphatic heterocycles. The van der Waals surface area contributed by atoms with Crippen LogP contribution < -0.4 is 10.7 Å². The number of benzene rings is 2. The zero-order valence-corrected chi connectivity index (χ0v) is 15.7. The molecule has 0 unspecified atom stereocenters. The lowest BCUT2D eigenvalue weighted by atomic mass is 9.62. The molecule has 4 rings (SSSR count). The van der Waals surface area contributed by atoms with Gasteiger partial charge in [0.1, 0.15) is 0 Å². The molecule has 134 valence electrons. The van der Waals surface area contributed by atoms with Gasteiger partial charge in [-0.15, -0.1) is 0 Å². The first-order valence-electron chi connectivity index (χ1n) is 9.09. The van der Waals surface area contributed by atoms with E-state index >= 15 is 0 Å². The van der Waals surface area contributed by atoms with Crippen LogP contribution in [0.25, 0.3) is 0 Å². The van der Waals surface area contributed by atoms with Crippen LogP contribution in [0.2, 0.25) is 0 Å². The number of carboxylic acids is 1. The van der Waals surface area contributed by atoms with E-state index in [9.17, 15) is 9.90 Å². The molecule has 0 fully saturated rings. The number of aliphatic carboxylic acids is 1. The minimum Gasteiger partial charge on any atom is -0.478 e. The molecule has 2 aromatic rings. The van der Waals surface area contributed by atoms with E-state index in [1.54, 1.807) is 0 Å². The Bertz CT molecular complexity index is 999. The van der Waals surface area contributed by atoms with Crippen molar-refractivity contribution < 1.29 is 9.90 Å². The molecule has 1 N–H and O–H groups in total. The normalized spacial score (nSPS) is 21.1. The van der Waals surface area contributed by atoms with Crippen LogP contribution in [0.15, 0.2) is 52.4 Å². The zero-order valence-electron chi connectivity index (χ0n) is 15.7. The van der Waals surface area contributed by atoms with Gasteiger partial charge in [0.15, 0.2) is 0 Å². The van der Waals surface area contributed by atoms with Crippen LogP contribution in [0.1, 0.15) is 57.2 Å². The van der Waals surface area contributed by atoms with Gasteiger partial charge in [-0.2, -0.15) is 0 Å². The fraction of sp³-hybridized carbons (Fsp3) is 0.409. The van der Waals surface area contributed by atoms with Gasteiger partial charge in [-0.05, 0) is 53.0 Å². The summed E-state index contributed by atoms with van der Waals surface area (Å²) in [7, 11) is 0. The molecule has 1 aliphatic carbocycles. The summed E-state index contributed by atoms with van der Waals surface area (Å²) in [5.41, 5.74) is 1.65. The van der Waals surface area contributed by atoms with Gasteiger partial charge in [-0.3, -0.25) is 0 Å². The average molecular weight is 348 g/mol. The summed E-state index contributed by atoms with van der Waals surface area (Å²) in [6.07, 6.45) is 2.20. The van der Waals surface area contributed by atoms with Gasteiger partial charge in [0, 0.05) is 5.56 Å². The third-order valence-corrected chi connectivity index (χ3v) is 6.00. The Morgan fingerprint density at radius 2 is 1.42 bits per heavy atom. The zero-order chi connectivity index (χ0) is 18.7. The number of hydrogen-bond acceptors (Lipinski definition) is 3. The molecule has 0 bridgehead atoms. The van der Waals surface area contributed by atoms with Crippen molar-refractivity contribution >= 4 is 5.97 Å². The van der Waals surface area contributed by atoms with E-state index in [1.165, 1.54) is 11.1 Å². The number of fused-ring (bicyclic) bond motifs is 2. The second kappa shape index (κ2) is 5.26. The maximum atomic E-state index is 12.3. The number of hydrogen-bond donors (Lipinski definition) is 1. The molecule has 2 aliphatic rings. The molecule has 26 heavy (non-hydrogen) atoms. The summed E-state index contributed by atoms with van der Waals surface area (Å²) >= 11 is 0.